The number of carbonyl (C=O) groups excluding carboxylic acids is 1. The fraction of sp³-hybridized carbons (Fsp3) is 0.194. The van der Waals surface area contributed by atoms with Gasteiger partial charge in [0, 0.05) is 28.7 Å². The van der Waals surface area contributed by atoms with Crippen LogP contribution < -0.4 is 10.2 Å². The van der Waals surface area contributed by atoms with Gasteiger partial charge in [0.15, 0.2) is 11.6 Å². The van der Waals surface area contributed by atoms with Crippen molar-refractivity contribution in [1.29, 1.82) is 0 Å². The SMILES string of the molecule is CC1=CC(N2C(=O)/C(=C\Nc3nc(C)cc(-c4cccc(C(=O)O)c4)c3O)c3ccc(C(F)(F)F)cc32)=CC(C)C1. The molecule has 1 aliphatic heterocycles. The standard InChI is InChI=1S/C31H26F3N3O4/c1-16-9-17(2)11-22(10-16)37-26-14-21(31(32,33)34)7-8-23(26)25(29(37)39)15-35-28-27(38)24(12-18(3)36-28)19-5-4-6-20(13-19)30(40)41/h4-8,10-16,38H,9H2,1-3H3,(H,35,36)(H,40,41)/b25-15-. The molecule has 10 heteroatoms. The van der Waals surface area contributed by atoms with Gasteiger partial charge in [-0.05, 0) is 68.2 Å². The van der Waals surface area contributed by atoms with Gasteiger partial charge in [-0.15, -0.1) is 0 Å². The van der Waals surface area contributed by atoms with Crippen LogP contribution in [-0.2, 0) is 11.0 Å². The van der Waals surface area contributed by atoms with Crippen LogP contribution in [0.2, 0.25) is 0 Å². The lowest BCUT2D eigenvalue weighted by Crippen LogP contribution is -2.27. The number of nitrogens with zero attached hydrogens (tertiary/aromatic N) is 2. The Kier molecular flexibility index (Phi) is 6.94. The van der Waals surface area contributed by atoms with Gasteiger partial charge in [0.05, 0.1) is 22.4 Å². The Morgan fingerprint density at radius 3 is 2.56 bits per heavy atom. The van der Waals surface area contributed by atoms with E-state index >= 15 is 0 Å². The molecule has 1 aliphatic carbocycles. The lowest BCUT2D eigenvalue weighted by atomic mass is 9.95. The number of fused-ring (bicyclic) bond motifs is 1. The molecule has 2 heterocycles. The van der Waals surface area contributed by atoms with Crippen LogP contribution in [0.5, 0.6) is 5.75 Å². The van der Waals surface area contributed by atoms with E-state index in [1.807, 2.05) is 19.9 Å². The first-order valence-corrected chi connectivity index (χ1v) is 12.8. The second-order valence-electron chi connectivity index (χ2n) is 10.2. The number of carboxylic acids is 1. The minimum atomic E-state index is -4.60. The van der Waals surface area contributed by atoms with E-state index in [1.165, 1.54) is 29.3 Å². The van der Waals surface area contributed by atoms with Gasteiger partial charge in [-0.3, -0.25) is 9.69 Å². The monoisotopic (exact) mass is 561 g/mol. The number of carbonyl (C=O) groups is 2. The van der Waals surface area contributed by atoms with Crippen LogP contribution in [0.1, 0.15) is 47.4 Å². The van der Waals surface area contributed by atoms with Crippen molar-refractivity contribution in [2.45, 2.75) is 33.4 Å². The quantitative estimate of drug-likeness (QED) is 0.286. The van der Waals surface area contributed by atoms with Gasteiger partial charge in [-0.1, -0.05) is 36.8 Å². The summed E-state index contributed by atoms with van der Waals surface area (Å²) in [6.07, 6.45) is 1.15. The Labute approximate surface area is 234 Å². The molecule has 5 rings (SSSR count). The average molecular weight is 562 g/mol. The highest BCUT2D eigenvalue weighted by Crippen LogP contribution is 2.44. The summed E-state index contributed by atoms with van der Waals surface area (Å²) in [6, 6.07) is 10.8. The van der Waals surface area contributed by atoms with Crippen molar-refractivity contribution < 1.29 is 33.0 Å². The zero-order valence-corrected chi connectivity index (χ0v) is 22.4. The number of amides is 1. The predicted molar refractivity (Wildman–Crippen MR) is 149 cm³/mol. The molecule has 1 atom stereocenters. The molecule has 210 valence electrons. The number of hydrogen-bond donors (Lipinski definition) is 3. The molecule has 1 amide bonds. The number of nitrogens with one attached hydrogen (secondary N) is 1. The summed E-state index contributed by atoms with van der Waals surface area (Å²) in [7, 11) is 0. The summed E-state index contributed by atoms with van der Waals surface area (Å²) in [5.41, 5.74) is 2.40. The van der Waals surface area contributed by atoms with Crippen molar-refractivity contribution in [3.05, 3.63) is 101 Å². The number of alkyl halides is 3. The number of aryl methyl sites for hydroxylation is 1. The maximum atomic E-state index is 13.7. The number of pyridine rings is 1. The third kappa shape index (κ3) is 5.32. The summed E-state index contributed by atoms with van der Waals surface area (Å²) in [6.45, 7) is 5.56. The minimum absolute atomic E-state index is 0.00539. The predicted octanol–water partition coefficient (Wildman–Crippen LogP) is 7.15. The van der Waals surface area contributed by atoms with Gasteiger partial charge in [0.1, 0.15) is 0 Å². The molecular weight excluding hydrogens is 535 g/mol. The summed E-state index contributed by atoms with van der Waals surface area (Å²) < 4.78 is 40.9. The zero-order chi connectivity index (χ0) is 29.6. The molecule has 0 bridgehead atoms. The second kappa shape index (κ2) is 10.3. The minimum Gasteiger partial charge on any atom is -0.504 e. The molecule has 0 fully saturated rings. The highest BCUT2D eigenvalue weighted by molar-refractivity contribution is 6.34. The van der Waals surface area contributed by atoms with Crippen LogP contribution in [0.3, 0.4) is 0 Å². The summed E-state index contributed by atoms with van der Waals surface area (Å²) in [5, 5.41) is 23.2. The van der Waals surface area contributed by atoms with Crippen LogP contribution in [-0.4, -0.2) is 27.1 Å². The van der Waals surface area contributed by atoms with E-state index in [2.05, 4.69) is 10.3 Å². The number of hydrogen-bond acceptors (Lipinski definition) is 5. The fourth-order valence-corrected chi connectivity index (χ4v) is 5.17. The van der Waals surface area contributed by atoms with E-state index in [4.69, 9.17) is 0 Å². The number of anilines is 2. The molecule has 3 N–H and O–H groups in total. The third-order valence-corrected chi connectivity index (χ3v) is 6.94. The lowest BCUT2D eigenvalue weighted by Gasteiger charge is -2.24. The summed E-state index contributed by atoms with van der Waals surface area (Å²) in [4.78, 5) is 30.8. The number of rotatable bonds is 5. The Morgan fingerprint density at radius 1 is 1.12 bits per heavy atom. The van der Waals surface area contributed by atoms with Crippen molar-refractivity contribution in [2.24, 2.45) is 5.92 Å². The van der Waals surface area contributed by atoms with E-state index in [9.17, 15) is 33.0 Å². The van der Waals surface area contributed by atoms with Gasteiger partial charge in [0.25, 0.3) is 5.91 Å². The molecule has 0 spiro atoms. The van der Waals surface area contributed by atoms with Crippen molar-refractivity contribution in [3.63, 3.8) is 0 Å². The van der Waals surface area contributed by atoms with E-state index in [-0.39, 0.29) is 34.3 Å². The highest BCUT2D eigenvalue weighted by atomic mass is 19.4. The van der Waals surface area contributed by atoms with Crippen LogP contribution in [0, 0.1) is 12.8 Å². The molecule has 1 unspecified atom stereocenters. The molecule has 1 aromatic heterocycles. The maximum absolute atomic E-state index is 13.7. The molecule has 0 saturated carbocycles. The number of aromatic hydroxyl groups is 1. The Bertz CT molecular complexity index is 1690. The number of aromatic carboxylic acids is 1. The van der Waals surface area contributed by atoms with Crippen molar-refractivity contribution in [3.8, 4) is 16.9 Å². The second-order valence-corrected chi connectivity index (χ2v) is 10.2. The number of allylic oxidation sites excluding steroid dienone is 3. The molecule has 0 radical (unpaired) electrons. The van der Waals surface area contributed by atoms with Gasteiger partial charge in [0.2, 0.25) is 0 Å². The van der Waals surface area contributed by atoms with Crippen molar-refractivity contribution in [2.75, 3.05) is 10.2 Å². The number of halogens is 3. The number of aromatic nitrogens is 1. The Morgan fingerprint density at radius 2 is 1.88 bits per heavy atom. The highest BCUT2D eigenvalue weighted by Gasteiger charge is 2.38. The largest absolute Gasteiger partial charge is 0.504 e. The smallest absolute Gasteiger partial charge is 0.416 e. The molecule has 3 aromatic rings. The molecule has 2 aromatic carbocycles. The van der Waals surface area contributed by atoms with Crippen LogP contribution in [0.25, 0.3) is 16.7 Å². The van der Waals surface area contributed by atoms with Gasteiger partial charge in [-0.25, -0.2) is 9.78 Å². The van der Waals surface area contributed by atoms with E-state index < -0.39 is 23.6 Å². The first-order chi connectivity index (χ1) is 19.3. The molecular formula is C31H26F3N3O4. The van der Waals surface area contributed by atoms with E-state index in [0.29, 0.717) is 28.1 Å². The van der Waals surface area contributed by atoms with Crippen LogP contribution in [0.4, 0.5) is 24.7 Å². The molecule has 7 nitrogen and oxygen atoms in total. The topological polar surface area (TPSA) is 103 Å². The number of carboxylic acid groups (broad SMARTS) is 1. The lowest BCUT2D eigenvalue weighted by molar-refractivity contribution is -0.137. The summed E-state index contributed by atoms with van der Waals surface area (Å²) in [5.74, 6) is -1.85. The van der Waals surface area contributed by atoms with Crippen molar-refractivity contribution >= 4 is 29.0 Å². The zero-order valence-electron chi connectivity index (χ0n) is 22.4. The third-order valence-electron chi connectivity index (χ3n) is 6.94. The molecule has 41 heavy (non-hydrogen) atoms. The fourth-order valence-electron chi connectivity index (χ4n) is 5.17. The number of benzene rings is 2. The van der Waals surface area contributed by atoms with Gasteiger partial charge in [-0.2, -0.15) is 13.2 Å². The Hall–Kier alpha value is -4.86. The molecule has 2 aliphatic rings. The van der Waals surface area contributed by atoms with E-state index in [0.717, 1.165) is 24.1 Å². The van der Waals surface area contributed by atoms with Crippen LogP contribution >= 0.6 is 0 Å². The maximum Gasteiger partial charge on any atom is 0.416 e. The van der Waals surface area contributed by atoms with E-state index in [1.54, 1.807) is 31.2 Å². The first kappa shape index (κ1) is 27.7. The summed E-state index contributed by atoms with van der Waals surface area (Å²) >= 11 is 0. The molecule has 0 saturated heterocycles. The van der Waals surface area contributed by atoms with Gasteiger partial charge >= 0.3 is 12.1 Å². The normalized spacial score (nSPS) is 17.8. The van der Waals surface area contributed by atoms with Gasteiger partial charge < -0.3 is 15.5 Å². The average Bonchev–Trinajstić information content (AvgIpc) is 3.18. The first-order valence-electron chi connectivity index (χ1n) is 12.8. The Balaban J connectivity index is 1.58. The van der Waals surface area contributed by atoms with Crippen LogP contribution in [0.15, 0.2) is 78.2 Å². The van der Waals surface area contributed by atoms with Crippen molar-refractivity contribution in [1.82, 2.24) is 4.98 Å².